The molecule has 4 heteroatoms. The molecule has 0 spiro atoms. The number of rotatable bonds is 4. The zero-order valence-electron chi connectivity index (χ0n) is 9.68. The second-order valence-corrected chi connectivity index (χ2v) is 4.14. The van der Waals surface area contributed by atoms with Gasteiger partial charge in [0, 0.05) is 30.3 Å². The van der Waals surface area contributed by atoms with Crippen LogP contribution in [0.2, 0.25) is 0 Å². The number of nitrogens with zero attached hydrogens (tertiary/aromatic N) is 1. The van der Waals surface area contributed by atoms with Crippen LogP contribution in [0.15, 0.2) is 24.4 Å². The largest absolute Gasteiger partial charge is 0.478 e. The molecule has 0 unspecified atom stereocenters. The summed E-state index contributed by atoms with van der Waals surface area (Å²) >= 11 is 0. The number of aromatic nitrogens is 1. The minimum absolute atomic E-state index is 0.105. The highest BCUT2D eigenvalue weighted by Crippen LogP contribution is 2.23. The molecule has 90 valence electrons. The van der Waals surface area contributed by atoms with Crippen molar-refractivity contribution in [2.75, 3.05) is 6.61 Å². The van der Waals surface area contributed by atoms with Gasteiger partial charge in [-0.2, -0.15) is 0 Å². The van der Waals surface area contributed by atoms with Gasteiger partial charge >= 0.3 is 5.97 Å². The highest BCUT2D eigenvalue weighted by molar-refractivity contribution is 6.03. The van der Waals surface area contributed by atoms with Crippen molar-refractivity contribution in [3.05, 3.63) is 35.5 Å². The first-order valence-corrected chi connectivity index (χ1v) is 5.57. The van der Waals surface area contributed by atoms with Crippen molar-refractivity contribution in [3.63, 3.8) is 0 Å². The summed E-state index contributed by atoms with van der Waals surface area (Å²) < 4.78 is 1.89. The van der Waals surface area contributed by atoms with Crippen LogP contribution in [0.3, 0.4) is 0 Å². The maximum Gasteiger partial charge on any atom is 0.337 e. The topological polar surface area (TPSA) is 62.5 Å². The second-order valence-electron chi connectivity index (χ2n) is 4.14. The summed E-state index contributed by atoms with van der Waals surface area (Å²) in [5.41, 5.74) is 2.33. The lowest BCUT2D eigenvalue weighted by molar-refractivity contribution is 0.0699. The van der Waals surface area contributed by atoms with Crippen LogP contribution in [-0.2, 0) is 6.54 Å². The van der Waals surface area contributed by atoms with E-state index in [1.54, 1.807) is 6.20 Å². The van der Waals surface area contributed by atoms with Gasteiger partial charge in [-0.05, 0) is 25.0 Å². The average Bonchev–Trinajstić information content (AvgIpc) is 2.64. The lowest BCUT2D eigenvalue weighted by atomic mass is 10.1. The summed E-state index contributed by atoms with van der Waals surface area (Å²) in [5, 5.41) is 18.7. The molecule has 1 aromatic heterocycles. The first-order chi connectivity index (χ1) is 8.13. The molecular weight excluding hydrogens is 218 g/mol. The van der Waals surface area contributed by atoms with Gasteiger partial charge in [0.15, 0.2) is 0 Å². The number of aliphatic hydroxyl groups excluding tert-OH is 1. The number of aromatic carboxylic acids is 1. The van der Waals surface area contributed by atoms with Gasteiger partial charge < -0.3 is 14.8 Å². The fraction of sp³-hybridized carbons (Fsp3) is 0.308. The van der Waals surface area contributed by atoms with E-state index in [0.29, 0.717) is 18.5 Å². The Morgan fingerprint density at radius 3 is 2.82 bits per heavy atom. The molecule has 0 aliphatic rings. The number of carbonyl (C=O) groups is 1. The van der Waals surface area contributed by atoms with E-state index in [0.717, 1.165) is 16.5 Å². The van der Waals surface area contributed by atoms with Crippen molar-refractivity contribution in [3.8, 4) is 0 Å². The number of aliphatic hydroxyl groups is 1. The summed E-state index contributed by atoms with van der Waals surface area (Å²) in [7, 11) is 0. The summed E-state index contributed by atoms with van der Waals surface area (Å²) in [4.78, 5) is 11.1. The van der Waals surface area contributed by atoms with Crippen LogP contribution in [-0.4, -0.2) is 27.4 Å². The van der Waals surface area contributed by atoms with Crippen LogP contribution in [0.5, 0.6) is 0 Å². The predicted octanol–water partition coefficient (Wildman–Crippen LogP) is 2.03. The molecule has 2 aromatic rings. The highest BCUT2D eigenvalue weighted by atomic mass is 16.4. The maximum atomic E-state index is 11.1. The van der Waals surface area contributed by atoms with Gasteiger partial charge in [0.05, 0.1) is 5.56 Å². The number of fused-ring (bicyclic) bond motifs is 1. The number of hydrogen-bond acceptors (Lipinski definition) is 2. The molecule has 0 amide bonds. The van der Waals surface area contributed by atoms with Crippen LogP contribution in [0, 0.1) is 6.92 Å². The first-order valence-electron chi connectivity index (χ1n) is 5.57. The smallest absolute Gasteiger partial charge is 0.337 e. The molecule has 0 saturated carbocycles. The molecule has 1 aromatic carbocycles. The lowest BCUT2D eigenvalue weighted by Crippen LogP contribution is -1.99. The zero-order chi connectivity index (χ0) is 12.4. The summed E-state index contributed by atoms with van der Waals surface area (Å²) in [6, 6.07) is 5.72. The van der Waals surface area contributed by atoms with Gasteiger partial charge in [0.25, 0.3) is 0 Å². The monoisotopic (exact) mass is 233 g/mol. The van der Waals surface area contributed by atoms with Crippen molar-refractivity contribution >= 4 is 16.9 Å². The minimum atomic E-state index is -0.915. The Bertz CT molecular complexity index is 557. The van der Waals surface area contributed by atoms with E-state index in [4.69, 9.17) is 10.2 Å². The van der Waals surface area contributed by atoms with Gasteiger partial charge in [0.1, 0.15) is 0 Å². The zero-order valence-corrected chi connectivity index (χ0v) is 9.68. The van der Waals surface area contributed by atoms with Gasteiger partial charge in [-0.15, -0.1) is 0 Å². The van der Waals surface area contributed by atoms with Crippen molar-refractivity contribution in [1.29, 1.82) is 0 Å². The molecule has 4 nitrogen and oxygen atoms in total. The van der Waals surface area contributed by atoms with Crippen molar-refractivity contribution in [1.82, 2.24) is 4.57 Å². The Labute approximate surface area is 99.1 Å². The first kappa shape index (κ1) is 11.7. The van der Waals surface area contributed by atoms with Crippen LogP contribution >= 0.6 is 0 Å². The van der Waals surface area contributed by atoms with Crippen molar-refractivity contribution in [2.24, 2.45) is 0 Å². The number of carboxylic acid groups (broad SMARTS) is 1. The predicted molar refractivity (Wildman–Crippen MR) is 65.3 cm³/mol. The Balaban J connectivity index is 2.58. The lowest BCUT2D eigenvalue weighted by Gasteiger charge is -2.03. The number of carboxylic acids is 1. The molecule has 17 heavy (non-hydrogen) atoms. The van der Waals surface area contributed by atoms with E-state index in [1.165, 1.54) is 0 Å². The Morgan fingerprint density at radius 1 is 1.41 bits per heavy atom. The molecule has 0 bridgehead atoms. The SMILES string of the molecule is Cc1ccc2c(C(=O)O)cn(CCCO)c2c1. The molecule has 0 saturated heterocycles. The van der Waals surface area contributed by atoms with Crippen molar-refractivity contribution in [2.45, 2.75) is 19.9 Å². The molecule has 1 heterocycles. The second kappa shape index (κ2) is 4.59. The van der Waals surface area contributed by atoms with Gasteiger partial charge in [-0.25, -0.2) is 4.79 Å². The van der Waals surface area contributed by atoms with E-state index in [1.807, 2.05) is 29.7 Å². The normalized spacial score (nSPS) is 10.9. The van der Waals surface area contributed by atoms with E-state index in [9.17, 15) is 4.79 Å². The van der Waals surface area contributed by atoms with E-state index in [2.05, 4.69) is 0 Å². The minimum Gasteiger partial charge on any atom is -0.478 e. The molecule has 0 atom stereocenters. The molecule has 0 aliphatic heterocycles. The number of benzene rings is 1. The molecule has 0 radical (unpaired) electrons. The Hall–Kier alpha value is -1.81. The molecule has 0 aliphatic carbocycles. The van der Waals surface area contributed by atoms with Gasteiger partial charge in [-0.3, -0.25) is 0 Å². The van der Waals surface area contributed by atoms with E-state index in [-0.39, 0.29) is 6.61 Å². The fourth-order valence-electron chi connectivity index (χ4n) is 2.00. The quantitative estimate of drug-likeness (QED) is 0.849. The van der Waals surface area contributed by atoms with Crippen LogP contribution in [0.25, 0.3) is 10.9 Å². The molecule has 0 fully saturated rings. The molecule has 2 N–H and O–H groups in total. The third kappa shape index (κ3) is 2.17. The maximum absolute atomic E-state index is 11.1. The van der Waals surface area contributed by atoms with Crippen molar-refractivity contribution < 1.29 is 15.0 Å². The van der Waals surface area contributed by atoms with E-state index >= 15 is 0 Å². The highest BCUT2D eigenvalue weighted by Gasteiger charge is 2.13. The van der Waals surface area contributed by atoms with Crippen LogP contribution in [0.4, 0.5) is 0 Å². The Morgan fingerprint density at radius 2 is 2.18 bits per heavy atom. The standard InChI is InChI=1S/C13H15NO3/c1-9-3-4-10-11(13(16)17)8-14(5-2-6-15)12(10)7-9/h3-4,7-8,15H,2,5-6H2,1H3,(H,16,17). The number of aryl methyl sites for hydroxylation is 2. The van der Waals surface area contributed by atoms with E-state index < -0.39 is 5.97 Å². The van der Waals surface area contributed by atoms with Crippen LogP contribution in [0.1, 0.15) is 22.3 Å². The molecular formula is C13H15NO3. The third-order valence-corrected chi connectivity index (χ3v) is 2.83. The summed E-state index contributed by atoms with van der Waals surface area (Å²) in [6.07, 6.45) is 2.26. The van der Waals surface area contributed by atoms with Gasteiger partial charge in [0.2, 0.25) is 0 Å². The summed E-state index contributed by atoms with van der Waals surface area (Å²) in [6.45, 7) is 2.71. The Kier molecular flexibility index (Phi) is 3.15. The third-order valence-electron chi connectivity index (χ3n) is 2.83. The number of hydrogen-bond donors (Lipinski definition) is 2. The average molecular weight is 233 g/mol. The van der Waals surface area contributed by atoms with Crippen LogP contribution < -0.4 is 0 Å². The van der Waals surface area contributed by atoms with Gasteiger partial charge in [-0.1, -0.05) is 12.1 Å². The summed E-state index contributed by atoms with van der Waals surface area (Å²) in [5.74, 6) is -0.915. The molecule has 2 rings (SSSR count). The fourth-order valence-corrected chi connectivity index (χ4v) is 2.00.